The quantitative estimate of drug-likeness (QED) is 0.779. The number of hydrogen-bond acceptors (Lipinski definition) is 4. The Hall–Kier alpha value is -1.99. The number of amides is 2. The van der Waals surface area contributed by atoms with Crippen LogP contribution in [0, 0.1) is 5.92 Å². The summed E-state index contributed by atoms with van der Waals surface area (Å²) in [5.41, 5.74) is 1.34. The summed E-state index contributed by atoms with van der Waals surface area (Å²) in [5.74, 6) is 0.0874. The first-order valence-corrected chi connectivity index (χ1v) is 10.1. The summed E-state index contributed by atoms with van der Waals surface area (Å²) in [4.78, 5) is 29.1. The maximum Gasteiger partial charge on any atom is 0.254 e. The molecule has 0 spiro atoms. The predicted molar refractivity (Wildman–Crippen MR) is 111 cm³/mol. The molecule has 7 heteroatoms. The summed E-state index contributed by atoms with van der Waals surface area (Å²) in [7, 11) is 2.06. The van der Waals surface area contributed by atoms with E-state index in [0.717, 1.165) is 51.9 Å². The number of anilines is 1. The molecule has 1 saturated carbocycles. The highest BCUT2D eigenvalue weighted by molar-refractivity contribution is 7.80. The number of benzene rings is 1. The lowest BCUT2D eigenvalue weighted by atomic mass is 9.89. The topological polar surface area (TPSA) is 64.7 Å². The van der Waals surface area contributed by atoms with Gasteiger partial charge in [-0.05, 0) is 50.3 Å². The number of carbonyl (C=O) groups is 2. The molecule has 2 aliphatic rings. The molecule has 2 amide bonds. The van der Waals surface area contributed by atoms with Gasteiger partial charge < -0.3 is 20.4 Å². The van der Waals surface area contributed by atoms with Crippen molar-refractivity contribution >= 4 is 34.8 Å². The molecule has 6 nitrogen and oxygen atoms in total. The van der Waals surface area contributed by atoms with Crippen LogP contribution in [0.15, 0.2) is 24.3 Å². The Morgan fingerprint density at radius 2 is 1.78 bits per heavy atom. The fraction of sp³-hybridized carbons (Fsp3) is 0.550. The van der Waals surface area contributed by atoms with Gasteiger partial charge in [0.2, 0.25) is 5.91 Å². The largest absolute Gasteiger partial charge is 0.336 e. The van der Waals surface area contributed by atoms with E-state index in [9.17, 15) is 9.59 Å². The number of thiocarbonyl (C=S) groups is 1. The minimum absolute atomic E-state index is 0.00290. The average molecular weight is 389 g/mol. The van der Waals surface area contributed by atoms with Gasteiger partial charge in [-0.3, -0.25) is 9.59 Å². The number of nitrogens with one attached hydrogen (secondary N) is 2. The molecule has 27 heavy (non-hydrogen) atoms. The molecule has 1 aliphatic heterocycles. The van der Waals surface area contributed by atoms with Crippen molar-refractivity contribution in [2.75, 3.05) is 38.5 Å². The van der Waals surface area contributed by atoms with Gasteiger partial charge in [-0.1, -0.05) is 25.3 Å². The standard InChI is InChI=1S/C20H28N4O2S/c1-23-10-12-24(13-11-23)19(26)16-8-5-9-17(14-16)21-20(27)22-18(25)15-6-3-2-4-7-15/h5,8-9,14-15H,2-4,6-7,10-13H2,1H3,(H2,21,22,25,27). The van der Waals surface area contributed by atoms with Gasteiger partial charge in [-0.2, -0.15) is 0 Å². The van der Waals surface area contributed by atoms with Crippen molar-refractivity contribution in [2.45, 2.75) is 32.1 Å². The highest BCUT2D eigenvalue weighted by Crippen LogP contribution is 2.23. The van der Waals surface area contributed by atoms with E-state index in [-0.39, 0.29) is 22.8 Å². The van der Waals surface area contributed by atoms with Crippen LogP contribution in [-0.4, -0.2) is 60.0 Å². The summed E-state index contributed by atoms with van der Waals surface area (Å²) in [6.07, 6.45) is 5.29. The molecule has 1 aromatic rings. The Bertz CT molecular complexity index is 695. The molecule has 1 aliphatic carbocycles. The molecule has 0 radical (unpaired) electrons. The zero-order chi connectivity index (χ0) is 19.2. The third-order valence-electron chi connectivity index (χ3n) is 5.37. The minimum Gasteiger partial charge on any atom is -0.336 e. The first-order valence-electron chi connectivity index (χ1n) is 9.72. The van der Waals surface area contributed by atoms with Crippen molar-refractivity contribution in [3.8, 4) is 0 Å². The van der Waals surface area contributed by atoms with Crippen molar-refractivity contribution in [3.05, 3.63) is 29.8 Å². The van der Waals surface area contributed by atoms with E-state index in [2.05, 4.69) is 22.6 Å². The molecule has 3 rings (SSSR count). The van der Waals surface area contributed by atoms with Crippen molar-refractivity contribution in [1.82, 2.24) is 15.1 Å². The van der Waals surface area contributed by atoms with Gasteiger partial charge in [0.15, 0.2) is 5.11 Å². The highest BCUT2D eigenvalue weighted by Gasteiger charge is 2.22. The Labute approximate surface area is 166 Å². The number of hydrogen-bond donors (Lipinski definition) is 2. The first kappa shape index (κ1) is 19.8. The van der Waals surface area contributed by atoms with Crippen LogP contribution in [0.2, 0.25) is 0 Å². The normalized spacial score (nSPS) is 18.8. The molecular formula is C20H28N4O2S. The Kier molecular flexibility index (Phi) is 6.79. The van der Waals surface area contributed by atoms with Gasteiger partial charge in [0.1, 0.15) is 0 Å². The lowest BCUT2D eigenvalue weighted by molar-refractivity contribution is -0.124. The van der Waals surface area contributed by atoms with Crippen molar-refractivity contribution < 1.29 is 9.59 Å². The summed E-state index contributed by atoms with van der Waals surface area (Å²) < 4.78 is 0. The summed E-state index contributed by atoms with van der Waals surface area (Å²) >= 11 is 5.28. The van der Waals surface area contributed by atoms with Gasteiger partial charge in [-0.15, -0.1) is 0 Å². The van der Waals surface area contributed by atoms with Crippen molar-refractivity contribution in [3.63, 3.8) is 0 Å². The zero-order valence-corrected chi connectivity index (χ0v) is 16.7. The van der Waals surface area contributed by atoms with Crippen LogP contribution in [0.25, 0.3) is 0 Å². The van der Waals surface area contributed by atoms with Crippen LogP contribution in [0.4, 0.5) is 5.69 Å². The third kappa shape index (κ3) is 5.49. The van der Waals surface area contributed by atoms with Crippen LogP contribution in [-0.2, 0) is 4.79 Å². The van der Waals surface area contributed by atoms with Crippen LogP contribution in [0.5, 0.6) is 0 Å². The fourth-order valence-corrected chi connectivity index (χ4v) is 3.88. The summed E-state index contributed by atoms with van der Waals surface area (Å²) in [5, 5.41) is 6.12. The smallest absolute Gasteiger partial charge is 0.254 e. The summed E-state index contributed by atoms with van der Waals surface area (Å²) in [6, 6.07) is 7.28. The average Bonchev–Trinajstić information content (AvgIpc) is 2.69. The SMILES string of the molecule is CN1CCN(C(=O)c2cccc(NC(=S)NC(=O)C3CCCCC3)c2)CC1. The number of likely N-dealkylation sites (N-methyl/N-ethyl adjacent to an activating group) is 1. The lowest BCUT2D eigenvalue weighted by Crippen LogP contribution is -2.47. The van der Waals surface area contributed by atoms with Crippen LogP contribution >= 0.6 is 12.2 Å². The second-order valence-electron chi connectivity index (χ2n) is 7.45. The Morgan fingerprint density at radius 1 is 1.07 bits per heavy atom. The molecule has 1 saturated heterocycles. The van der Waals surface area contributed by atoms with E-state index in [1.807, 2.05) is 23.1 Å². The van der Waals surface area contributed by atoms with Crippen LogP contribution < -0.4 is 10.6 Å². The predicted octanol–water partition coefficient (Wildman–Crippen LogP) is 2.47. The van der Waals surface area contributed by atoms with Gasteiger partial charge in [0.05, 0.1) is 0 Å². The first-order chi connectivity index (χ1) is 13.0. The van der Waals surface area contributed by atoms with Gasteiger partial charge in [0.25, 0.3) is 5.91 Å². The number of piperazine rings is 1. The second-order valence-corrected chi connectivity index (χ2v) is 7.86. The molecular weight excluding hydrogens is 360 g/mol. The summed E-state index contributed by atoms with van der Waals surface area (Å²) in [6.45, 7) is 3.26. The van der Waals surface area contributed by atoms with E-state index < -0.39 is 0 Å². The van der Waals surface area contributed by atoms with Gasteiger partial charge >= 0.3 is 0 Å². The fourth-order valence-electron chi connectivity index (χ4n) is 3.66. The molecule has 2 fully saturated rings. The molecule has 1 aromatic carbocycles. The third-order valence-corrected chi connectivity index (χ3v) is 5.57. The molecule has 0 unspecified atom stereocenters. The molecule has 0 aromatic heterocycles. The maximum absolute atomic E-state index is 12.7. The van der Waals surface area contributed by atoms with E-state index in [4.69, 9.17) is 12.2 Å². The molecule has 2 N–H and O–H groups in total. The number of carbonyl (C=O) groups excluding carboxylic acids is 2. The van der Waals surface area contributed by atoms with E-state index in [1.165, 1.54) is 6.42 Å². The Morgan fingerprint density at radius 3 is 2.48 bits per heavy atom. The van der Waals surface area contributed by atoms with E-state index in [1.54, 1.807) is 6.07 Å². The second kappa shape index (κ2) is 9.28. The van der Waals surface area contributed by atoms with Crippen molar-refractivity contribution in [2.24, 2.45) is 5.92 Å². The lowest BCUT2D eigenvalue weighted by Gasteiger charge is -2.32. The van der Waals surface area contributed by atoms with Gasteiger partial charge in [-0.25, -0.2) is 0 Å². The molecule has 0 bridgehead atoms. The number of nitrogens with zero attached hydrogens (tertiary/aromatic N) is 2. The van der Waals surface area contributed by atoms with Crippen molar-refractivity contribution in [1.29, 1.82) is 0 Å². The number of rotatable bonds is 3. The Balaban J connectivity index is 1.56. The molecule has 1 heterocycles. The maximum atomic E-state index is 12.7. The molecule has 0 atom stereocenters. The minimum atomic E-state index is -0.00290. The van der Waals surface area contributed by atoms with E-state index >= 15 is 0 Å². The highest BCUT2D eigenvalue weighted by atomic mass is 32.1. The zero-order valence-electron chi connectivity index (χ0n) is 15.9. The van der Waals surface area contributed by atoms with E-state index in [0.29, 0.717) is 11.3 Å². The van der Waals surface area contributed by atoms with Gasteiger partial charge in [0, 0.05) is 43.3 Å². The van der Waals surface area contributed by atoms with Crippen LogP contribution in [0.1, 0.15) is 42.5 Å². The molecule has 146 valence electrons. The van der Waals surface area contributed by atoms with Crippen LogP contribution in [0.3, 0.4) is 0 Å². The monoisotopic (exact) mass is 388 g/mol.